The van der Waals surface area contributed by atoms with Crippen LogP contribution in [-0.4, -0.2) is 17.0 Å². The quantitative estimate of drug-likeness (QED) is 0.715. The highest BCUT2D eigenvalue weighted by atomic mass is 79.9. The van der Waals surface area contributed by atoms with Crippen molar-refractivity contribution in [1.82, 2.24) is 9.97 Å². The number of nitrogen functional groups attached to an aromatic ring is 1. The van der Waals surface area contributed by atoms with Crippen molar-refractivity contribution in [3.63, 3.8) is 0 Å². The molecule has 0 fully saturated rings. The van der Waals surface area contributed by atoms with Crippen molar-refractivity contribution in [2.45, 2.75) is 13.5 Å². The number of fused-ring (bicyclic) bond motifs is 1. The van der Waals surface area contributed by atoms with Crippen LogP contribution in [0.4, 0.5) is 11.4 Å². The Balaban J connectivity index is 2.04. The van der Waals surface area contributed by atoms with Crippen LogP contribution in [0, 0.1) is 6.92 Å². The van der Waals surface area contributed by atoms with Gasteiger partial charge in [0.1, 0.15) is 0 Å². The lowest BCUT2D eigenvalue weighted by atomic mass is 10.1. The molecule has 3 aromatic rings. The Morgan fingerprint density at radius 2 is 2.14 bits per heavy atom. The Morgan fingerprint density at radius 3 is 2.86 bits per heavy atom. The Bertz CT molecular complexity index is 799. The fraction of sp³-hybridized carbons (Fsp3) is 0.200. The summed E-state index contributed by atoms with van der Waals surface area (Å²) in [4.78, 5) is 12.3. The van der Waals surface area contributed by atoms with E-state index in [0.717, 1.165) is 39.0 Å². The molecule has 0 aliphatic carbocycles. The van der Waals surface area contributed by atoms with E-state index in [1.807, 2.05) is 30.6 Å². The maximum atomic E-state index is 6.07. The van der Waals surface area contributed by atoms with E-state index < -0.39 is 0 Å². The average Bonchev–Trinajstić information content (AvgIpc) is 2.85. The minimum atomic E-state index is 0.741. The van der Waals surface area contributed by atoms with Crippen molar-refractivity contribution in [2.24, 2.45) is 0 Å². The number of hydrogen-bond acceptors (Lipinski definition) is 5. The molecule has 1 aromatic carbocycles. The molecule has 2 N–H and O–H groups in total. The molecular weight excluding hydrogens is 348 g/mol. The zero-order valence-corrected chi connectivity index (χ0v) is 14.2. The third-order valence-electron chi connectivity index (χ3n) is 3.47. The standard InChI is InChI=1S/C15H15BrN4S/c1-9-14(21-8-19-9)7-20(2)13-4-3-12(17)11-5-10(16)6-18-15(11)13/h3-6,8H,7,17H2,1-2H3. The zero-order valence-electron chi connectivity index (χ0n) is 11.8. The van der Waals surface area contributed by atoms with Gasteiger partial charge >= 0.3 is 0 Å². The van der Waals surface area contributed by atoms with E-state index in [9.17, 15) is 0 Å². The Kier molecular flexibility index (Phi) is 3.82. The zero-order chi connectivity index (χ0) is 15.0. The monoisotopic (exact) mass is 362 g/mol. The fourth-order valence-electron chi connectivity index (χ4n) is 2.29. The van der Waals surface area contributed by atoms with Gasteiger partial charge in [0.2, 0.25) is 0 Å². The average molecular weight is 363 g/mol. The Labute approximate surface area is 135 Å². The number of aryl methyl sites for hydroxylation is 1. The normalized spacial score (nSPS) is 11.0. The summed E-state index contributed by atoms with van der Waals surface area (Å²) in [5, 5.41) is 0.967. The molecule has 4 nitrogen and oxygen atoms in total. The number of thiazole rings is 1. The Morgan fingerprint density at radius 1 is 1.33 bits per heavy atom. The first-order valence-electron chi connectivity index (χ1n) is 6.50. The van der Waals surface area contributed by atoms with E-state index in [4.69, 9.17) is 5.73 Å². The summed E-state index contributed by atoms with van der Waals surface area (Å²) in [7, 11) is 2.06. The maximum Gasteiger partial charge on any atom is 0.0956 e. The molecule has 2 aromatic heterocycles. The van der Waals surface area contributed by atoms with Crippen LogP contribution in [0.2, 0.25) is 0 Å². The largest absolute Gasteiger partial charge is 0.398 e. The number of pyridine rings is 1. The summed E-state index contributed by atoms with van der Waals surface area (Å²) in [6.07, 6.45) is 1.80. The molecule has 0 aliphatic heterocycles. The molecule has 2 heterocycles. The van der Waals surface area contributed by atoms with Gasteiger partial charge in [0.25, 0.3) is 0 Å². The van der Waals surface area contributed by atoms with Crippen molar-refractivity contribution in [1.29, 1.82) is 0 Å². The predicted molar refractivity (Wildman–Crippen MR) is 92.8 cm³/mol. The molecule has 0 saturated heterocycles. The van der Waals surface area contributed by atoms with E-state index in [1.54, 1.807) is 17.5 Å². The first kappa shape index (κ1) is 14.3. The molecule has 0 atom stereocenters. The van der Waals surface area contributed by atoms with Gasteiger partial charge in [-0.25, -0.2) is 4.98 Å². The lowest BCUT2D eigenvalue weighted by Crippen LogP contribution is -2.17. The number of hydrogen-bond donors (Lipinski definition) is 1. The molecule has 108 valence electrons. The first-order chi connectivity index (χ1) is 10.1. The van der Waals surface area contributed by atoms with Gasteiger partial charge in [-0.1, -0.05) is 0 Å². The lowest BCUT2D eigenvalue weighted by molar-refractivity contribution is 0.929. The summed E-state index contributed by atoms with van der Waals surface area (Å²) in [6, 6.07) is 5.96. The molecule has 0 aliphatic rings. The van der Waals surface area contributed by atoms with Gasteiger partial charge in [-0.2, -0.15) is 0 Å². The first-order valence-corrected chi connectivity index (χ1v) is 8.17. The van der Waals surface area contributed by atoms with Crippen LogP contribution in [0.25, 0.3) is 10.9 Å². The van der Waals surface area contributed by atoms with Crippen LogP contribution in [0.3, 0.4) is 0 Å². The third kappa shape index (κ3) is 2.73. The molecule has 21 heavy (non-hydrogen) atoms. The van der Waals surface area contributed by atoms with Crippen molar-refractivity contribution in [3.8, 4) is 0 Å². The SMILES string of the molecule is Cc1ncsc1CN(C)c1ccc(N)c2cc(Br)cnc12. The van der Waals surface area contributed by atoms with Gasteiger partial charge in [0.15, 0.2) is 0 Å². The molecular formula is C15H15BrN4S. The number of halogens is 1. The molecule has 0 radical (unpaired) electrons. The number of benzene rings is 1. The smallest absolute Gasteiger partial charge is 0.0956 e. The van der Waals surface area contributed by atoms with Crippen molar-refractivity contribution in [3.05, 3.63) is 45.0 Å². The Hall–Kier alpha value is -1.66. The third-order valence-corrected chi connectivity index (χ3v) is 4.82. The molecule has 0 saturated carbocycles. The fourth-order valence-corrected chi connectivity index (χ4v) is 3.45. The van der Waals surface area contributed by atoms with E-state index in [0.29, 0.717) is 0 Å². The summed E-state index contributed by atoms with van der Waals surface area (Å²) >= 11 is 5.13. The number of nitrogens with zero attached hydrogens (tertiary/aromatic N) is 3. The van der Waals surface area contributed by atoms with Gasteiger partial charge in [0.05, 0.1) is 29.0 Å². The topological polar surface area (TPSA) is 55.0 Å². The van der Waals surface area contributed by atoms with Gasteiger partial charge in [0, 0.05) is 33.7 Å². The van der Waals surface area contributed by atoms with E-state index in [1.165, 1.54) is 4.88 Å². The van der Waals surface area contributed by atoms with Crippen LogP contribution in [0.5, 0.6) is 0 Å². The molecule has 0 amide bonds. The van der Waals surface area contributed by atoms with Gasteiger partial charge in [-0.15, -0.1) is 11.3 Å². The molecule has 0 unspecified atom stereocenters. The summed E-state index contributed by atoms with van der Waals surface area (Å²) in [6.45, 7) is 2.85. The molecule has 0 bridgehead atoms. The number of nitrogens with two attached hydrogens (primary N) is 1. The minimum Gasteiger partial charge on any atom is -0.398 e. The minimum absolute atomic E-state index is 0.741. The predicted octanol–water partition coefficient (Wildman–Crippen LogP) is 3.98. The highest BCUT2D eigenvalue weighted by Crippen LogP contribution is 2.31. The van der Waals surface area contributed by atoms with Gasteiger partial charge in [-0.05, 0) is 41.1 Å². The van der Waals surface area contributed by atoms with Crippen LogP contribution < -0.4 is 10.6 Å². The van der Waals surface area contributed by atoms with Gasteiger partial charge in [-0.3, -0.25) is 4.98 Å². The highest BCUT2D eigenvalue weighted by molar-refractivity contribution is 9.10. The second-order valence-electron chi connectivity index (χ2n) is 4.94. The van der Waals surface area contributed by atoms with E-state index in [2.05, 4.69) is 37.8 Å². The van der Waals surface area contributed by atoms with Crippen LogP contribution in [-0.2, 0) is 6.54 Å². The van der Waals surface area contributed by atoms with Crippen LogP contribution in [0.1, 0.15) is 10.6 Å². The van der Waals surface area contributed by atoms with Crippen LogP contribution >= 0.6 is 27.3 Å². The number of anilines is 2. The second kappa shape index (κ2) is 5.61. The van der Waals surface area contributed by atoms with Crippen molar-refractivity contribution >= 4 is 49.5 Å². The maximum absolute atomic E-state index is 6.07. The molecule has 6 heteroatoms. The highest BCUT2D eigenvalue weighted by Gasteiger charge is 2.12. The van der Waals surface area contributed by atoms with Crippen LogP contribution in [0.15, 0.2) is 34.4 Å². The van der Waals surface area contributed by atoms with E-state index >= 15 is 0 Å². The second-order valence-corrected chi connectivity index (χ2v) is 6.80. The molecule has 3 rings (SSSR count). The summed E-state index contributed by atoms with van der Waals surface area (Å²) in [5.41, 5.74) is 11.8. The number of rotatable bonds is 3. The number of aromatic nitrogens is 2. The van der Waals surface area contributed by atoms with E-state index in [-0.39, 0.29) is 0 Å². The summed E-state index contributed by atoms with van der Waals surface area (Å²) < 4.78 is 0.930. The van der Waals surface area contributed by atoms with Crippen molar-refractivity contribution < 1.29 is 0 Å². The lowest BCUT2D eigenvalue weighted by Gasteiger charge is -2.20. The molecule has 0 spiro atoms. The van der Waals surface area contributed by atoms with Crippen molar-refractivity contribution in [2.75, 3.05) is 17.7 Å². The van der Waals surface area contributed by atoms with Gasteiger partial charge < -0.3 is 10.6 Å². The summed E-state index contributed by atoms with van der Waals surface area (Å²) in [5.74, 6) is 0.